The number of ketones is 1. The number of hydrogen-bond donors (Lipinski definition) is 2. The van der Waals surface area contributed by atoms with E-state index in [-0.39, 0.29) is 17.3 Å². The third kappa shape index (κ3) is 5.56. The normalized spacial score (nSPS) is 20.9. The average molecular weight is 575 g/mol. The fraction of sp³-hybridized carbons (Fsp3) is 0.314. The largest absolute Gasteiger partial charge is 0.486 e. The average Bonchev–Trinajstić information content (AvgIpc) is 3.47. The van der Waals surface area contributed by atoms with E-state index in [0.717, 1.165) is 60.0 Å². The monoisotopic (exact) mass is 574 g/mol. The molecular formula is C35H38N6O2. The Morgan fingerprint density at radius 3 is 2.60 bits per heavy atom. The summed E-state index contributed by atoms with van der Waals surface area (Å²) in [5, 5.41) is 6.64. The molecule has 1 saturated carbocycles. The first kappa shape index (κ1) is 27.4. The van der Waals surface area contributed by atoms with Crippen LogP contribution < -0.4 is 15.7 Å². The van der Waals surface area contributed by atoms with E-state index in [4.69, 9.17) is 9.84 Å². The quantitative estimate of drug-likeness (QED) is 0.270. The molecule has 4 aromatic rings. The maximum atomic E-state index is 12.6. The van der Waals surface area contributed by atoms with E-state index in [0.29, 0.717) is 11.5 Å². The van der Waals surface area contributed by atoms with Crippen LogP contribution >= 0.6 is 0 Å². The number of nitrogens with zero attached hydrogens (tertiary/aromatic N) is 4. The van der Waals surface area contributed by atoms with Crippen molar-refractivity contribution in [1.82, 2.24) is 30.6 Å². The second-order valence-electron chi connectivity index (χ2n) is 12.7. The summed E-state index contributed by atoms with van der Waals surface area (Å²) in [6.07, 6.45) is 4.78. The van der Waals surface area contributed by atoms with Gasteiger partial charge < -0.3 is 10.2 Å². The highest BCUT2D eigenvalue weighted by molar-refractivity contribution is 5.95. The smallest absolute Gasteiger partial charge is 0.163 e. The molecule has 3 heterocycles. The van der Waals surface area contributed by atoms with Crippen LogP contribution in [0, 0.1) is 5.92 Å². The number of hydrazine groups is 2. The molecule has 2 N–H and O–H groups in total. The Kier molecular flexibility index (Phi) is 6.83. The third-order valence-corrected chi connectivity index (χ3v) is 8.55. The van der Waals surface area contributed by atoms with Crippen molar-refractivity contribution < 1.29 is 9.53 Å². The Balaban J connectivity index is 1.16. The predicted octanol–water partition coefficient (Wildman–Crippen LogP) is 5.81. The fourth-order valence-electron chi connectivity index (χ4n) is 6.58. The molecule has 0 saturated heterocycles. The van der Waals surface area contributed by atoms with E-state index in [9.17, 15) is 4.79 Å². The van der Waals surface area contributed by atoms with E-state index in [1.54, 1.807) is 13.1 Å². The minimum Gasteiger partial charge on any atom is -0.486 e. The third-order valence-electron chi connectivity index (χ3n) is 8.55. The minimum atomic E-state index is -0.282. The zero-order chi connectivity index (χ0) is 29.7. The number of ether oxygens (including phenoxy) is 1. The number of carbonyl (C=O) groups is 1. The molecule has 0 unspecified atom stereocenters. The van der Waals surface area contributed by atoms with Crippen molar-refractivity contribution in [3.8, 4) is 22.6 Å². The first-order valence-electron chi connectivity index (χ1n) is 15.0. The molecular weight excluding hydrogens is 536 g/mol. The highest BCUT2D eigenvalue weighted by Gasteiger charge is 2.46. The van der Waals surface area contributed by atoms with Crippen molar-refractivity contribution in [2.24, 2.45) is 5.92 Å². The Bertz CT molecular complexity index is 1720. The van der Waals surface area contributed by atoms with Gasteiger partial charge in [0.1, 0.15) is 11.4 Å². The Morgan fingerprint density at radius 1 is 1.02 bits per heavy atom. The van der Waals surface area contributed by atoms with E-state index < -0.39 is 0 Å². The molecule has 43 heavy (non-hydrogen) atoms. The summed E-state index contributed by atoms with van der Waals surface area (Å²) >= 11 is 0. The molecule has 1 aromatic heterocycles. The van der Waals surface area contributed by atoms with Crippen molar-refractivity contribution in [1.29, 1.82) is 0 Å². The number of para-hydroxylation sites is 1. The zero-order valence-corrected chi connectivity index (χ0v) is 25.2. The summed E-state index contributed by atoms with van der Waals surface area (Å²) in [4.78, 5) is 15.1. The second kappa shape index (κ2) is 10.7. The molecule has 8 heteroatoms. The van der Waals surface area contributed by atoms with Gasteiger partial charge in [-0.3, -0.25) is 14.7 Å². The van der Waals surface area contributed by atoms with Gasteiger partial charge in [-0.05, 0) is 68.1 Å². The number of nitrogens with one attached hydrogen (secondary N) is 2. The first-order valence-corrected chi connectivity index (χ1v) is 15.0. The van der Waals surface area contributed by atoms with Gasteiger partial charge in [-0.2, -0.15) is 5.10 Å². The van der Waals surface area contributed by atoms with Crippen molar-refractivity contribution in [2.45, 2.75) is 51.8 Å². The van der Waals surface area contributed by atoms with Gasteiger partial charge in [-0.15, -0.1) is 5.53 Å². The van der Waals surface area contributed by atoms with Crippen LogP contribution in [0.1, 0.15) is 60.3 Å². The lowest BCUT2D eigenvalue weighted by atomic mass is 10.0. The number of carbonyl (C=O) groups excluding carboxylic acids is 1. The first-order chi connectivity index (χ1) is 20.7. The van der Waals surface area contributed by atoms with E-state index in [1.807, 2.05) is 22.8 Å². The lowest BCUT2D eigenvalue weighted by Gasteiger charge is -2.29. The molecule has 1 fully saturated rings. The predicted molar refractivity (Wildman–Crippen MR) is 167 cm³/mol. The number of aromatic nitrogens is 2. The molecule has 220 valence electrons. The van der Waals surface area contributed by atoms with Gasteiger partial charge in [0.15, 0.2) is 5.78 Å². The van der Waals surface area contributed by atoms with Crippen LogP contribution in [0.15, 0.2) is 90.9 Å². The Morgan fingerprint density at radius 2 is 1.81 bits per heavy atom. The van der Waals surface area contributed by atoms with Crippen LogP contribution in [0.25, 0.3) is 16.8 Å². The number of rotatable bonds is 7. The minimum absolute atomic E-state index is 0.0454. The molecule has 0 amide bonds. The van der Waals surface area contributed by atoms with Crippen molar-refractivity contribution in [2.75, 3.05) is 13.6 Å². The molecule has 0 bridgehead atoms. The molecule has 7 rings (SSSR count). The van der Waals surface area contributed by atoms with Crippen LogP contribution in [0.2, 0.25) is 0 Å². The highest BCUT2D eigenvalue weighted by atomic mass is 16.5. The molecule has 1 aliphatic carbocycles. The summed E-state index contributed by atoms with van der Waals surface area (Å²) in [5.41, 5.74) is 14.6. The SMILES string of the molecule is CC(=O)c1cnn(-c2cccc(-c3cccc(CN4Cc5ccccc5OC(C)(C)C4)c3)c2)c1[C@@H]1C[C@H]1C1=CN(C)NN1. The van der Waals surface area contributed by atoms with Crippen molar-refractivity contribution in [3.05, 3.63) is 113 Å². The topological polar surface area (TPSA) is 74.7 Å². The van der Waals surface area contributed by atoms with Crippen molar-refractivity contribution >= 4 is 5.78 Å². The maximum absolute atomic E-state index is 12.6. The standard InChI is InChI=1S/C35H38N6O2/c1-23(42)31-18-36-41(34(31)30-17-29(30)32-21-39(4)38-37-32)28-13-8-12-26(16-28)25-11-7-9-24(15-25)19-40-20-27-10-5-6-14-33(27)43-35(2,3)22-40/h5-16,18,21,29-30,37-38H,17,19-20,22H2,1-4H3/t29-,30-/m1/s1. The second-order valence-corrected chi connectivity index (χ2v) is 12.7. The molecule has 3 aromatic carbocycles. The molecule has 3 aliphatic rings. The Labute approximate surface area is 252 Å². The van der Waals surface area contributed by atoms with E-state index >= 15 is 0 Å². The number of hydrogen-bond acceptors (Lipinski definition) is 7. The molecule has 2 atom stereocenters. The van der Waals surface area contributed by atoms with Crippen LogP contribution in [0.5, 0.6) is 5.75 Å². The van der Waals surface area contributed by atoms with Gasteiger partial charge in [0.05, 0.1) is 23.1 Å². The summed E-state index contributed by atoms with van der Waals surface area (Å²) < 4.78 is 8.34. The van der Waals surface area contributed by atoms with Gasteiger partial charge in [0, 0.05) is 56.0 Å². The lowest BCUT2D eigenvalue weighted by Crippen LogP contribution is -2.40. The van der Waals surface area contributed by atoms with E-state index in [2.05, 4.69) is 103 Å². The van der Waals surface area contributed by atoms with Gasteiger partial charge in [-0.25, -0.2) is 4.68 Å². The van der Waals surface area contributed by atoms with Crippen molar-refractivity contribution in [3.63, 3.8) is 0 Å². The van der Waals surface area contributed by atoms with Gasteiger partial charge in [0.2, 0.25) is 0 Å². The van der Waals surface area contributed by atoms with Crippen LogP contribution in [0.3, 0.4) is 0 Å². The zero-order valence-electron chi connectivity index (χ0n) is 25.2. The molecule has 8 nitrogen and oxygen atoms in total. The van der Waals surface area contributed by atoms with Crippen LogP contribution in [-0.2, 0) is 13.1 Å². The number of allylic oxidation sites excluding steroid dienone is 1. The van der Waals surface area contributed by atoms with Gasteiger partial charge in [0.25, 0.3) is 0 Å². The lowest BCUT2D eigenvalue weighted by molar-refractivity contribution is 0.0682. The summed E-state index contributed by atoms with van der Waals surface area (Å²) in [5.74, 6) is 1.58. The summed E-state index contributed by atoms with van der Waals surface area (Å²) in [6.45, 7) is 8.46. The number of benzene rings is 3. The van der Waals surface area contributed by atoms with Crippen LogP contribution in [-0.4, -0.2) is 44.7 Å². The van der Waals surface area contributed by atoms with Gasteiger partial charge >= 0.3 is 0 Å². The van der Waals surface area contributed by atoms with Crippen LogP contribution in [0.4, 0.5) is 0 Å². The molecule has 0 radical (unpaired) electrons. The number of Topliss-reactive ketones (excluding diaryl/α,β-unsaturated/α-hetero) is 1. The van der Waals surface area contributed by atoms with E-state index in [1.165, 1.54) is 11.1 Å². The molecule has 0 spiro atoms. The summed E-state index contributed by atoms with van der Waals surface area (Å²) in [7, 11) is 1.96. The summed E-state index contributed by atoms with van der Waals surface area (Å²) in [6, 6.07) is 25.6. The molecule has 2 aliphatic heterocycles. The highest BCUT2D eigenvalue weighted by Crippen LogP contribution is 2.52. The number of fused-ring (bicyclic) bond motifs is 1. The Hall–Kier alpha value is -4.40. The van der Waals surface area contributed by atoms with Gasteiger partial charge in [-0.1, -0.05) is 48.5 Å². The maximum Gasteiger partial charge on any atom is 0.163 e. The fourth-order valence-corrected chi connectivity index (χ4v) is 6.58.